The Kier molecular flexibility index (Phi) is 3.92. The molecule has 4 heteroatoms. The molecular weight excluding hydrogens is 340 g/mol. The van der Waals surface area contributed by atoms with Crippen molar-refractivity contribution in [2.75, 3.05) is 7.11 Å². The smallest absolute Gasteiger partial charge is 0.163 e. The lowest BCUT2D eigenvalue weighted by atomic mass is 9.95. The molecule has 0 aliphatic carbocycles. The van der Waals surface area contributed by atoms with Gasteiger partial charge in [0.25, 0.3) is 0 Å². The Morgan fingerprint density at radius 1 is 1.04 bits per heavy atom. The number of phenolic OH excluding ortho intramolecular Hbond substituents is 1. The lowest BCUT2D eigenvalue weighted by molar-refractivity contribution is 0.101. The van der Waals surface area contributed by atoms with Crippen LogP contribution < -0.4 is 4.74 Å². The minimum Gasteiger partial charge on any atom is -0.507 e. The molecule has 4 aromatic rings. The van der Waals surface area contributed by atoms with E-state index in [2.05, 4.69) is 0 Å². The van der Waals surface area contributed by atoms with Gasteiger partial charge in [0.15, 0.2) is 5.78 Å². The standard InChI is InChI=1S/C23H20O4/c1-12-5-7-15(20(9-12)26-4)16-8-6-13(2)23-22(16)18-10-17(14(3)24)19(25)11-21(18)27-23/h5-11,25H,1-4H3. The summed E-state index contributed by atoms with van der Waals surface area (Å²) in [5.74, 6) is 0.520. The molecule has 1 heterocycles. The van der Waals surface area contributed by atoms with Crippen molar-refractivity contribution in [3.63, 3.8) is 0 Å². The number of phenols is 1. The normalized spacial score (nSPS) is 11.3. The number of aryl methyl sites for hydroxylation is 2. The van der Waals surface area contributed by atoms with Crippen molar-refractivity contribution >= 4 is 27.7 Å². The molecule has 1 N–H and O–H groups in total. The van der Waals surface area contributed by atoms with Gasteiger partial charge < -0.3 is 14.3 Å². The van der Waals surface area contributed by atoms with Gasteiger partial charge in [0.2, 0.25) is 0 Å². The molecule has 0 spiro atoms. The largest absolute Gasteiger partial charge is 0.507 e. The molecule has 1 aromatic heterocycles. The molecule has 0 saturated carbocycles. The summed E-state index contributed by atoms with van der Waals surface area (Å²) in [5, 5.41) is 11.9. The van der Waals surface area contributed by atoms with E-state index in [1.54, 1.807) is 13.2 Å². The van der Waals surface area contributed by atoms with E-state index < -0.39 is 0 Å². The number of ketones is 1. The van der Waals surface area contributed by atoms with Crippen LogP contribution in [0.3, 0.4) is 0 Å². The third kappa shape index (κ3) is 2.65. The summed E-state index contributed by atoms with van der Waals surface area (Å²) in [4.78, 5) is 11.9. The summed E-state index contributed by atoms with van der Waals surface area (Å²) in [6.45, 7) is 5.44. The number of benzene rings is 3. The highest BCUT2D eigenvalue weighted by Crippen LogP contribution is 2.42. The van der Waals surface area contributed by atoms with Crippen LogP contribution in [0.1, 0.15) is 28.4 Å². The molecule has 0 amide bonds. The number of hydrogen-bond acceptors (Lipinski definition) is 4. The van der Waals surface area contributed by atoms with Crippen LogP contribution in [0.2, 0.25) is 0 Å². The van der Waals surface area contributed by atoms with Gasteiger partial charge in [-0.15, -0.1) is 0 Å². The maximum absolute atomic E-state index is 11.9. The average molecular weight is 360 g/mol. The number of Topliss-reactive ketones (excluding diaryl/α,β-unsaturated/α-hetero) is 1. The lowest BCUT2D eigenvalue weighted by Crippen LogP contribution is -1.92. The molecule has 0 fully saturated rings. The van der Waals surface area contributed by atoms with Crippen LogP contribution in [0, 0.1) is 13.8 Å². The number of furan rings is 1. The molecule has 4 nitrogen and oxygen atoms in total. The molecule has 0 aliphatic heterocycles. The fourth-order valence-electron chi connectivity index (χ4n) is 3.57. The predicted octanol–water partition coefficient (Wildman–Crippen LogP) is 5.79. The zero-order valence-corrected chi connectivity index (χ0v) is 15.7. The maximum Gasteiger partial charge on any atom is 0.163 e. The zero-order valence-electron chi connectivity index (χ0n) is 15.7. The van der Waals surface area contributed by atoms with Gasteiger partial charge in [-0.1, -0.05) is 24.3 Å². The van der Waals surface area contributed by atoms with E-state index in [1.807, 2.05) is 44.2 Å². The number of methoxy groups -OCH3 is 1. The van der Waals surface area contributed by atoms with Crippen LogP contribution in [0.5, 0.6) is 11.5 Å². The molecule has 0 radical (unpaired) electrons. The first-order valence-corrected chi connectivity index (χ1v) is 8.75. The number of fused-ring (bicyclic) bond motifs is 3. The van der Waals surface area contributed by atoms with Crippen LogP contribution in [0.4, 0.5) is 0 Å². The Morgan fingerprint density at radius 3 is 2.48 bits per heavy atom. The molecule has 136 valence electrons. The Bertz CT molecular complexity index is 1210. The minimum atomic E-state index is -0.189. The highest BCUT2D eigenvalue weighted by Gasteiger charge is 2.19. The van der Waals surface area contributed by atoms with Crippen molar-refractivity contribution in [2.24, 2.45) is 0 Å². The second-order valence-corrected chi connectivity index (χ2v) is 6.86. The highest BCUT2D eigenvalue weighted by atomic mass is 16.5. The predicted molar refractivity (Wildman–Crippen MR) is 107 cm³/mol. The SMILES string of the molecule is COc1cc(C)ccc1-c1ccc(C)c2oc3cc(O)c(C(C)=O)cc3c12. The third-order valence-electron chi connectivity index (χ3n) is 4.96. The van der Waals surface area contributed by atoms with E-state index in [9.17, 15) is 9.90 Å². The number of rotatable bonds is 3. The van der Waals surface area contributed by atoms with E-state index in [0.717, 1.165) is 44.4 Å². The monoisotopic (exact) mass is 360 g/mol. The second-order valence-electron chi connectivity index (χ2n) is 6.86. The van der Waals surface area contributed by atoms with Gasteiger partial charge in [-0.3, -0.25) is 4.79 Å². The average Bonchev–Trinajstić information content (AvgIpc) is 3.00. The summed E-state index contributed by atoms with van der Waals surface area (Å²) in [7, 11) is 1.66. The van der Waals surface area contributed by atoms with Crippen molar-refractivity contribution in [1.29, 1.82) is 0 Å². The van der Waals surface area contributed by atoms with Crippen molar-refractivity contribution < 1.29 is 19.1 Å². The lowest BCUT2D eigenvalue weighted by Gasteiger charge is -2.11. The molecule has 27 heavy (non-hydrogen) atoms. The summed E-state index contributed by atoms with van der Waals surface area (Å²) >= 11 is 0. The van der Waals surface area contributed by atoms with Crippen LogP contribution >= 0.6 is 0 Å². The first-order valence-electron chi connectivity index (χ1n) is 8.75. The summed E-state index contributed by atoms with van der Waals surface area (Å²) in [6, 6.07) is 13.3. The Morgan fingerprint density at radius 2 is 1.78 bits per heavy atom. The number of ether oxygens (including phenoxy) is 1. The molecule has 4 rings (SSSR count). The van der Waals surface area contributed by atoms with Crippen LogP contribution in [-0.4, -0.2) is 18.0 Å². The van der Waals surface area contributed by atoms with E-state index >= 15 is 0 Å². The van der Waals surface area contributed by atoms with Crippen molar-refractivity contribution in [3.05, 3.63) is 59.2 Å². The summed E-state index contributed by atoms with van der Waals surface area (Å²) in [5.41, 5.74) is 5.59. The first-order chi connectivity index (χ1) is 12.9. The number of carbonyl (C=O) groups excluding carboxylic acids is 1. The van der Waals surface area contributed by atoms with Crippen molar-refractivity contribution in [3.8, 4) is 22.6 Å². The fourth-order valence-corrected chi connectivity index (χ4v) is 3.57. The Hall–Kier alpha value is -3.27. The number of hydrogen-bond donors (Lipinski definition) is 1. The van der Waals surface area contributed by atoms with E-state index in [0.29, 0.717) is 5.58 Å². The van der Waals surface area contributed by atoms with E-state index in [4.69, 9.17) is 9.15 Å². The first kappa shape index (κ1) is 17.2. The van der Waals surface area contributed by atoms with Crippen LogP contribution in [0.25, 0.3) is 33.1 Å². The van der Waals surface area contributed by atoms with Gasteiger partial charge in [-0.05, 0) is 49.6 Å². The van der Waals surface area contributed by atoms with Gasteiger partial charge in [-0.25, -0.2) is 0 Å². The Labute approximate surface area is 157 Å². The molecule has 0 aliphatic rings. The maximum atomic E-state index is 11.9. The molecular formula is C23H20O4. The van der Waals surface area contributed by atoms with Crippen molar-refractivity contribution in [2.45, 2.75) is 20.8 Å². The topological polar surface area (TPSA) is 59.7 Å². The quantitative estimate of drug-likeness (QED) is 0.470. The molecule has 0 unspecified atom stereocenters. The molecule has 0 saturated heterocycles. The molecule has 0 atom stereocenters. The van der Waals surface area contributed by atoms with Crippen molar-refractivity contribution in [1.82, 2.24) is 0 Å². The van der Waals surface area contributed by atoms with Gasteiger partial charge >= 0.3 is 0 Å². The minimum absolute atomic E-state index is 0.0684. The van der Waals surface area contributed by atoms with E-state index in [1.165, 1.54) is 13.0 Å². The molecule has 3 aromatic carbocycles. The van der Waals surface area contributed by atoms with Gasteiger partial charge in [0.05, 0.1) is 12.7 Å². The van der Waals surface area contributed by atoms with Gasteiger partial charge in [-0.2, -0.15) is 0 Å². The van der Waals surface area contributed by atoms with Gasteiger partial charge in [0.1, 0.15) is 22.7 Å². The second kappa shape index (κ2) is 6.16. The van der Waals surface area contributed by atoms with Crippen LogP contribution in [-0.2, 0) is 0 Å². The zero-order chi connectivity index (χ0) is 19.3. The Balaban J connectivity index is 2.15. The summed E-state index contributed by atoms with van der Waals surface area (Å²) in [6.07, 6.45) is 0. The highest BCUT2D eigenvalue weighted by molar-refractivity contribution is 6.16. The molecule has 0 bridgehead atoms. The fraction of sp³-hybridized carbons (Fsp3) is 0.174. The van der Waals surface area contributed by atoms with Gasteiger partial charge in [0, 0.05) is 22.4 Å². The van der Waals surface area contributed by atoms with Crippen LogP contribution in [0.15, 0.2) is 46.9 Å². The number of carbonyl (C=O) groups is 1. The number of aromatic hydroxyl groups is 1. The summed E-state index contributed by atoms with van der Waals surface area (Å²) < 4.78 is 11.7. The van der Waals surface area contributed by atoms with E-state index in [-0.39, 0.29) is 17.1 Å². The third-order valence-corrected chi connectivity index (χ3v) is 4.96.